The first-order chi connectivity index (χ1) is 35.5. The van der Waals surface area contributed by atoms with Crippen LogP contribution in [0.25, 0.3) is 55.6 Å². The Morgan fingerprint density at radius 2 is 0.889 bits per heavy atom. The van der Waals surface area contributed by atoms with E-state index in [0.717, 1.165) is 28.3 Å². The molecule has 0 saturated heterocycles. The van der Waals surface area contributed by atoms with Gasteiger partial charge in [-0.2, -0.15) is 0 Å². The Kier molecular flexibility index (Phi) is 9.50. The van der Waals surface area contributed by atoms with Crippen LogP contribution in [0.15, 0.2) is 267 Å². The minimum atomic E-state index is -0.594. The van der Waals surface area contributed by atoms with Crippen LogP contribution in [0.1, 0.15) is 47.2 Å². The van der Waals surface area contributed by atoms with Gasteiger partial charge < -0.3 is 9.80 Å². The molecule has 1 heterocycles. The molecule has 72 heavy (non-hydrogen) atoms. The first-order valence-electron chi connectivity index (χ1n) is 25.2. The molecule has 340 valence electrons. The highest BCUT2D eigenvalue weighted by atomic mass is 15.2. The summed E-state index contributed by atoms with van der Waals surface area (Å²) in [6.07, 6.45) is 0. The Balaban J connectivity index is 0.986. The molecule has 2 nitrogen and oxygen atoms in total. The zero-order valence-electron chi connectivity index (χ0n) is 40.3. The van der Waals surface area contributed by atoms with Gasteiger partial charge in [0, 0.05) is 33.6 Å². The second-order valence-corrected chi connectivity index (χ2v) is 20.0. The third kappa shape index (κ3) is 6.15. The van der Waals surface area contributed by atoms with Gasteiger partial charge in [-0.25, -0.2) is 0 Å². The highest BCUT2D eigenvalue weighted by Gasteiger charge is 2.53. The van der Waals surface area contributed by atoms with E-state index in [1.165, 1.54) is 94.8 Å². The average molecular weight is 919 g/mol. The van der Waals surface area contributed by atoms with Crippen molar-refractivity contribution < 1.29 is 0 Å². The van der Waals surface area contributed by atoms with Crippen LogP contribution in [0.2, 0.25) is 0 Å². The van der Waals surface area contributed by atoms with Gasteiger partial charge in [0.25, 0.3) is 0 Å². The number of nitrogens with zero attached hydrogens (tertiary/aromatic N) is 2. The summed E-state index contributed by atoms with van der Waals surface area (Å²) in [6, 6.07) is 99.1. The molecule has 11 aromatic carbocycles. The molecule has 0 radical (unpaired) electrons. The fraction of sp³-hybridized carbons (Fsp3) is 0.0571. The summed E-state index contributed by atoms with van der Waals surface area (Å²) in [7, 11) is 0. The number of fused-ring (bicyclic) bond motifs is 8. The van der Waals surface area contributed by atoms with Gasteiger partial charge in [-0.3, -0.25) is 0 Å². The number of hydrogen-bond acceptors (Lipinski definition) is 2. The molecule has 3 aliphatic rings. The third-order valence-corrected chi connectivity index (χ3v) is 15.8. The highest BCUT2D eigenvalue weighted by Crippen LogP contribution is 2.66. The van der Waals surface area contributed by atoms with E-state index in [-0.39, 0.29) is 5.41 Å². The molecule has 0 fully saturated rings. The maximum atomic E-state index is 2.52. The molecule has 0 bridgehead atoms. The molecule has 0 saturated carbocycles. The lowest BCUT2D eigenvalue weighted by molar-refractivity contribution is 0.660. The molecule has 1 aliphatic heterocycles. The van der Waals surface area contributed by atoms with Gasteiger partial charge in [0.15, 0.2) is 0 Å². The van der Waals surface area contributed by atoms with E-state index in [1.807, 2.05) is 0 Å². The molecule has 0 amide bonds. The number of hydrogen-bond donors (Lipinski definition) is 0. The maximum absolute atomic E-state index is 2.52. The summed E-state index contributed by atoms with van der Waals surface area (Å²) in [4.78, 5) is 4.94. The standard InChI is InChI=1S/C70H50N2/c1-69(2)60-33-17-15-31-56(60)57-43-42-54(46-62(57)69)71(64-35-19-16-30-55(64)48-22-7-3-8-23-48)53-40-38-47(39-41-53)50-44-59(49-24-9-4-10-25-49)67-58-32-21-37-66-68(58)70(63(67)45-50,51-26-11-5-12-27-51)61-34-18-20-36-65(61)72(66)52-28-13-6-14-29-52/h3-46H,1-2H3. The summed E-state index contributed by atoms with van der Waals surface area (Å²) in [5.74, 6) is 0. The first-order valence-corrected chi connectivity index (χ1v) is 25.2. The van der Waals surface area contributed by atoms with Gasteiger partial charge in [-0.05, 0) is 145 Å². The Labute approximate surface area is 422 Å². The SMILES string of the molecule is CC1(C)c2ccccc2-c2ccc(N(c3ccc(-c4cc(-c5ccccc5)c5c(c4)C4(c6ccccc6)c6ccccc6N(c6ccccc6)c6cccc-5c64)cc3)c3ccccc3-c3ccccc3)cc21. The Morgan fingerprint density at radius 3 is 1.62 bits per heavy atom. The molecule has 11 aromatic rings. The van der Waals surface area contributed by atoms with E-state index in [4.69, 9.17) is 0 Å². The van der Waals surface area contributed by atoms with Gasteiger partial charge in [0.2, 0.25) is 0 Å². The Bertz CT molecular complexity index is 3880. The summed E-state index contributed by atoms with van der Waals surface area (Å²) in [5, 5.41) is 0. The number of rotatable bonds is 8. The van der Waals surface area contributed by atoms with Crippen LogP contribution in [0.3, 0.4) is 0 Å². The van der Waals surface area contributed by atoms with E-state index in [0.29, 0.717) is 0 Å². The van der Waals surface area contributed by atoms with Crippen molar-refractivity contribution >= 4 is 34.1 Å². The predicted molar refractivity (Wildman–Crippen MR) is 301 cm³/mol. The predicted octanol–water partition coefficient (Wildman–Crippen LogP) is 18.6. The minimum Gasteiger partial charge on any atom is -0.310 e. The van der Waals surface area contributed by atoms with Gasteiger partial charge in [0.05, 0.1) is 22.5 Å². The summed E-state index contributed by atoms with van der Waals surface area (Å²) < 4.78 is 0. The van der Waals surface area contributed by atoms with Gasteiger partial charge in [-0.1, -0.05) is 214 Å². The van der Waals surface area contributed by atoms with Gasteiger partial charge >= 0.3 is 0 Å². The first kappa shape index (κ1) is 41.9. The van der Waals surface area contributed by atoms with E-state index in [2.05, 4.69) is 291 Å². The summed E-state index contributed by atoms with van der Waals surface area (Å²) in [6.45, 7) is 4.73. The third-order valence-electron chi connectivity index (χ3n) is 15.8. The van der Waals surface area contributed by atoms with E-state index >= 15 is 0 Å². The lowest BCUT2D eigenvalue weighted by Gasteiger charge is -2.44. The van der Waals surface area contributed by atoms with Crippen LogP contribution in [-0.4, -0.2) is 0 Å². The highest BCUT2D eigenvalue weighted by molar-refractivity contribution is 6.04. The van der Waals surface area contributed by atoms with Crippen molar-refractivity contribution in [3.05, 3.63) is 300 Å². The molecular weight excluding hydrogens is 869 g/mol. The fourth-order valence-electron chi connectivity index (χ4n) is 12.7. The largest absolute Gasteiger partial charge is 0.310 e. The normalized spacial score (nSPS) is 15.2. The van der Waals surface area contributed by atoms with Gasteiger partial charge in [0.1, 0.15) is 0 Å². The van der Waals surface area contributed by atoms with E-state index < -0.39 is 5.41 Å². The van der Waals surface area contributed by atoms with Crippen LogP contribution in [0.4, 0.5) is 34.1 Å². The second kappa shape index (κ2) is 16.3. The summed E-state index contributed by atoms with van der Waals surface area (Å²) in [5.41, 5.74) is 26.4. The van der Waals surface area contributed by atoms with Gasteiger partial charge in [-0.15, -0.1) is 0 Å². The molecule has 0 aromatic heterocycles. The fourth-order valence-corrected chi connectivity index (χ4v) is 12.7. The van der Waals surface area contributed by atoms with Crippen LogP contribution < -0.4 is 9.80 Å². The number of para-hydroxylation sites is 3. The molecule has 1 atom stereocenters. The van der Waals surface area contributed by atoms with Crippen LogP contribution >= 0.6 is 0 Å². The van der Waals surface area contributed by atoms with Crippen molar-refractivity contribution in [2.24, 2.45) is 0 Å². The number of anilines is 6. The van der Waals surface area contributed by atoms with Crippen molar-refractivity contribution in [2.45, 2.75) is 24.7 Å². The molecule has 2 heteroatoms. The quantitative estimate of drug-likeness (QED) is 0.150. The molecule has 1 unspecified atom stereocenters. The van der Waals surface area contributed by atoms with Crippen molar-refractivity contribution in [2.75, 3.05) is 9.80 Å². The zero-order valence-corrected chi connectivity index (χ0v) is 40.3. The zero-order chi connectivity index (χ0) is 48.0. The minimum absolute atomic E-state index is 0.142. The molecule has 0 spiro atoms. The van der Waals surface area contributed by atoms with Crippen LogP contribution in [0.5, 0.6) is 0 Å². The smallest absolute Gasteiger partial charge is 0.0754 e. The Morgan fingerprint density at radius 1 is 0.333 bits per heavy atom. The van der Waals surface area contributed by atoms with Crippen LogP contribution in [0, 0.1) is 0 Å². The summed E-state index contributed by atoms with van der Waals surface area (Å²) >= 11 is 0. The number of benzene rings is 11. The van der Waals surface area contributed by atoms with Crippen molar-refractivity contribution in [3.8, 4) is 55.6 Å². The Hall–Kier alpha value is -8.98. The lowest BCUT2D eigenvalue weighted by Crippen LogP contribution is -2.35. The maximum Gasteiger partial charge on any atom is 0.0754 e. The second-order valence-electron chi connectivity index (χ2n) is 20.0. The molecular formula is C70H50N2. The van der Waals surface area contributed by atoms with Crippen molar-refractivity contribution in [1.82, 2.24) is 0 Å². The van der Waals surface area contributed by atoms with E-state index in [1.54, 1.807) is 0 Å². The molecule has 2 aliphatic carbocycles. The molecule has 0 N–H and O–H groups in total. The monoisotopic (exact) mass is 918 g/mol. The van der Waals surface area contributed by atoms with Crippen molar-refractivity contribution in [3.63, 3.8) is 0 Å². The topological polar surface area (TPSA) is 6.48 Å². The van der Waals surface area contributed by atoms with Crippen LogP contribution in [-0.2, 0) is 10.8 Å². The molecule has 14 rings (SSSR count). The average Bonchev–Trinajstić information content (AvgIpc) is 3.88. The lowest BCUT2D eigenvalue weighted by atomic mass is 9.64. The van der Waals surface area contributed by atoms with E-state index in [9.17, 15) is 0 Å². The van der Waals surface area contributed by atoms with Crippen molar-refractivity contribution in [1.29, 1.82) is 0 Å².